The molecule has 3 N–H and O–H groups in total. The lowest BCUT2D eigenvalue weighted by Crippen LogP contribution is -2.44. The van der Waals surface area contributed by atoms with Gasteiger partial charge < -0.3 is 20.5 Å². The van der Waals surface area contributed by atoms with E-state index in [2.05, 4.69) is 17.2 Å². The van der Waals surface area contributed by atoms with Crippen LogP contribution < -0.4 is 10.6 Å². The maximum atomic E-state index is 11.4. The summed E-state index contributed by atoms with van der Waals surface area (Å²) in [6.07, 6.45) is 1.73. The first-order valence-electron chi connectivity index (χ1n) is 5.39. The van der Waals surface area contributed by atoms with E-state index in [1.165, 1.54) is 7.11 Å². The van der Waals surface area contributed by atoms with Crippen molar-refractivity contribution in [1.29, 1.82) is 0 Å². The van der Waals surface area contributed by atoms with Gasteiger partial charge in [-0.25, -0.2) is 4.79 Å². The van der Waals surface area contributed by atoms with Gasteiger partial charge in [0.05, 0.1) is 12.5 Å². The van der Waals surface area contributed by atoms with Crippen molar-refractivity contribution >= 4 is 12.0 Å². The van der Waals surface area contributed by atoms with E-state index in [1.807, 2.05) is 6.92 Å². The van der Waals surface area contributed by atoms with E-state index in [0.717, 1.165) is 0 Å². The number of amides is 2. The van der Waals surface area contributed by atoms with Crippen LogP contribution in [0.2, 0.25) is 0 Å². The van der Waals surface area contributed by atoms with Crippen LogP contribution in [-0.4, -0.2) is 42.9 Å². The minimum atomic E-state index is -0.959. The Bertz CT molecular complexity index is 268. The Morgan fingerprint density at radius 3 is 2.65 bits per heavy atom. The first-order chi connectivity index (χ1) is 7.99. The number of rotatable bonds is 8. The number of urea groups is 1. The van der Waals surface area contributed by atoms with Gasteiger partial charge in [0, 0.05) is 19.7 Å². The molecule has 0 aliphatic carbocycles. The van der Waals surface area contributed by atoms with Gasteiger partial charge in [0.15, 0.2) is 0 Å². The molecule has 0 spiro atoms. The van der Waals surface area contributed by atoms with Gasteiger partial charge in [-0.3, -0.25) is 4.79 Å². The van der Waals surface area contributed by atoms with Gasteiger partial charge in [0.25, 0.3) is 0 Å². The Morgan fingerprint density at radius 1 is 1.53 bits per heavy atom. The number of carbonyl (C=O) groups is 2. The lowest BCUT2D eigenvalue weighted by atomic mass is 10.2. The predicted octanol–water partition coefficient (Wildman–Crippen LogP) is 0.740. The van der Waals surface area contributed by atoms with Crippen molar-refractivity contribution in [3.05, 3.63) is 12.7 Å². The zero-order chi connectivity index (χ0) is 13.3. The average molecular weight is 244 g/mol. The molecule has 0 aromatic heterocycles. The first-order valence-corrected chi connectivity index (χ1v) is 5.39. The van der Waals surface area contributed by atoms with Gasteiger partial charge >= 0.3 is 12.0 Å². The lowest BCUT2D eigenvalue weighted by Gasteiger charge is -2.16. The minimum absolute atomic E-state index is 0.00651. The molecule has 0 saturated heterocycles. The van der Waals surface area contributed by atoms with Gasteiger partial charge in [0.2, 0.25) is 0 Å². The van der Waals surface area contributed by atoms with Crippen molar-refractivity contribution in [1.82, 2.24) is 10.6 Å². The fraction of sp³-hybridized carbons (Fsp3) is 0.636. The third-order valence-corrected chi connectivity index (χ3v) is 2.12. The SMILES string of the molecule is C=CCC(C)NC(=O)NCC(CC(=O)O)OC. The Labute approximate surface area is 101 Å². The lowest BCUT2D eigenvalue weighted by molar-refractivity contribution is -0.139. The van der Waals surface area contributed by atoms with E-state index in [9.17, 15) is 9.59 Å². The summed E-state index contributed by atoms with van der Waals surface area (Å²) < 4.78 is 4.92. The Hall–Kier alpha value is -1.56. The summed E-state index contributed by atoms with van der Waals surface area (Å²) in [5.74, 6) is -0.959. The van der Waals surface area contributed by atoms with E-state index in [0.29, 0.717) is 6.42 Å². The standard InChI is InChI=1S/C11H20N2O4/c1-4-5-8(2)13-11(16)12-7-9(17-3)6-10(14)15/h4,8-9H,1,5-7H2,2-3H3,(H,14,15)(H2,12,13,16). The highest BCUT2D eigenvalue weighted by Crippen LogP contribution is 1.95. The van der Waals surface area contributed by atoms with Crippen LogP contribution in [0.15, 0.2) is 12.7 Å². The van der Waals surface area contributed by atoms with Crippen LogP contribution in [0.5, 0.6) is 0 Å². The molecule has 0 aromatic carbocycles. The van der Waals surface area contributed by atoms with E-state index >= 15 is 0 Å². The molecule has 0 bridgehead atoms. The quantitative estimate of drug-likeness (QED) is 0.549. The number of nitrogens with one attached hydrogen (secondary N) is 2. The monoisotopic (exact) mass is 244 g/mol. The third-order valence-electron chi connectivity index (χ3n) is 2.12. The molecule has 2 atom stereocenters. The molecule has 0 heterocycles. The number of hydrogen-bond acceptors (Lipinski definition) is 3. The molecular formula is C11H20N2O4. The van der Waals surface area contributed by atoms with Crippen molar-refractivity contribution in [3.8, 4) is 0 Å². The van der Waals surface area contributed by atoms with Crippen LogP contribution in [0.1, 0.15) is 19.8 Å². The van der Waals surface area contributed by atoms with Crippen LogP contribution >= 0.6 is 0 Å². The Morgan fingerprint density at radius 2 is 2.18 bits per heavy atom. The van der Waals surface area contributed by atoms with Crippen molar-refractivity contribution in [2.24, 2.45) is 0 Å². The molecule has 0 rings (SSSR count). The Kier molecular flexibility index (Phi) is 7.79. The molecule has 6 heteroatoms. The summed E-state index contributed by atoms with van der Waals surface area (Å²) in [7, 11) is 1.41. The maximum absolute atomic E-state index is 11.4. The highest BCUT2D eigenvalue weighted by Gasteiger charge is 2.13. The molecule has 2 amide bonds. The van der Waals surface area contributed by atoms with E-state index in [-0.39, 0.29) is 25.0 Å². The smallest absolute Gasteiger partial charge is 0.315 e. The van der Waals surface area contributed by atoms with Crippen molar-refractivity contribution < 1.29 is 19.4 Å². The molecule has 0 saturated carbocycles. The molecule has 0 aromatic rings. The van der Waals surface area contributed by atoms with E-state index in [1.54, 1.807) is 6.08 Å². The molecule has 0 aliphatic rings. The van der Waals surface area contributed by atoms with Crippen molar-refractivity contribution in [2.75, 3.05) is 13.7 Å². The van der Waals surface area contributed by atoms with Crippen LogP contribution in [0.3, 0.4) is 0 Å². The normalized spacial score (nSPS) is 13.5. The number of ether oxygens (including phenoxy) is 1. The fourth-order valence-electron chi connectivity index (χ4n) is 1.22. The highest BCUT2D eigenvalue weighted by atomic mass is 16.5. The largest absolute Gasteiger partial charge is 0.481 e. The molecule has 6 nitrogen and oxygen atoms in total. The summed E-state index contributed by atoms with van der Waals surface area (Å²) in [6, 6.07) is -0.347. The second-order valence-corrected chi connectivity index (χ2v) is 3.74. The van der Waals surface area contributed by atoms with E-state index in [4.69, 9.17) is 9.84 Å². The van der Waals surface area contributed by atoms with Gasteiger partial charge in [-0.15, -0.1) is 6.58 Å². The predicted molar refractivity (Wildman–Crippen MR) is 63.9 cm³/mol. The summed E-state index contributed by atoms with van der Waals surface area (Å²) in [6.45, 7) is 5.59. The second kappa shape index (κ2) is 8.58. The third kappa shape index (κ3) is 8.27. The summed E-state index contributed by atoms with van der Waals surface area (Å²) >= 11 is 0. The minimum Gasteiger partial charge on any atom is -0.481 e. The zero-order valence-corrected chi connectivity index (χ0v) is 10.2. The molecule has 2 unspecified atom stereocenters. The zero-order valence-electron chi connectivity index (χ0n) is 10.2. The van der Waals surface area contributed by atoms with Gasteiger partial charge in [-0.1, -0.05) is 6.08 Å². The second-order valence-electron chi connectivity index (χ2n) is 3.74. The number of carboxylic acid groups (broad SMARTS) is 1. The van der Waals surface area contributed by atoms with Crippen LogP contribution in [0.4, 0.5) is 4.79 Å². The van der Waals surface area contributed by atoms with E-state index < -0.39 is 12.1 Å². The van der Waals surface area contributed by atoms with Gasteiger partial charge in [-0.05, 0) is 13.3 Å². The van der Waals surface area contributed by atoms with Crippen molar-refractivity contribution in [3.63, 3.8) is 0 Å². The molecular weight excluding hydrogens is 224 g/mol. The molecule has 0 radical (unpaired) electrons. The fourth-order valence-corrected chi connectivity index (χ4v) is 1.22. The highest BCUT2D eigenvalue weighted by molar-refractivity contribution is 5.74. The Balaban J connectivity index is 3.87. The number of hydrogen-bond donors (Lipinski definition) is 3. The van der Waals surface area contributed by atoms with Gasteiger partial charge in [0.1, 0.15) is 0 Å². The first kappa shape index (κ1) is 15.4. The molecule has 98 valence electrons. The number of carbonyl (C=O) groups excluding carboxylic acids is 1. The number of aliphatic carboxylic acids is 1. The summed E-state index contributed by atoms with van der Waals surface area (Å²) in [4.78, 5) is 21.8. The maximum Gasteiger partial charge on any atom is 0.315 e. The van der Waals surface area contributed by atoms with Crippen LogP contribution in [0, 0.1) is 0 Å². The van der Waals surface area contributed by atoms with Crippen LogP contribution in [0.25, 0.3) is 0 Å². The number of carboxylic acids is 1. The summed E-state index contributed by atoms with van der Waals surface area (Å²) in [5.41, 5.74) is 0. The number of methoxy groups -OCH3 is 1. The van der Waals surface area contributed by atoms with Gasteiger partial charge in [-0.2, -0.15) is 0 Å². The topological polar surface area (TPSA) is 87.7 Å². The molecule has 17 heavy (non-hydrogen) atoms. The summed E-state index contributed by atoms with van der Waals surface area (Å²) in [5, 5.41) is 13.8. The molecule has 0 aliphatic heterocycles. The molecule has 0 fully saturated rings. The average Bonchev–Trinajstić information content (AvgIpc) is 2.23. The van der Waals surface area contributed by atoms with Crippen molar-refractivity contribution in [2.45, 2.75) is 31.9 Å². The van der Waals surface area contributed by atoms with Crippen LogP contribution in [-0.2, 0) is 9.53 Å².